The van der Waals surface area contributed by atoms with Crippen LogP contribution < -0.4 is 14.8 Å². The quantitative estimate of drug-likeness (QED) is 0.784. The number of rotatable bonds is 6. The Bertz CT molecular complexity index is 423. The molecule has 1 aromatic rings. The van der Waals surface area contributed by atoms with Gasteiger partial charge in [0.2, 0.25) is 0 Å². The van der Waals surface area contributed by atoms with Gasteiger partial charge in [-0.3, -0.25) is 0 Å². The summed E-state index contributed by atoms with van der Waals surface area (Å²) in [6.07, 6.45) is 6.02. The first-order chi connectivity index (χ1) is 8.62. The highest BCUT2D eigenvalue weighted by molar-refractivity contribution is 5.43. The largest absolute Gasteiger partial charge is 0.493 e. The second-order valence-corrected chi connectivity index (χ2v) is 4.31. The zero-order valence-electron chi connectivity index (χ0n) is 11.5. The summed E-state index contributed by atoms with van der Waals surface area (Å²) in [4.78, 5) is 0. The van der Waals surface area contributed by atoms with E-state index in [1.807, 2.05) is 18.2 Å². The molecule has 18 heavy (non-hydrogen) atoms. The molecule has 0 bridgehead atoms. The molecule has 0 spiro atoms. The van der Waals surface area contributed by atoms with Gasteiger partial charge in [0.05, 0.1) is 14.2 Å². The average molecular weight is 247 g/mol. The van der Waals surface area contributed by atoms with E-state index in [0.29, 0.717) is 0 Å². The Morgan fingerprint density at radius 1 is 1.22 bits per heavy atom. The summed E-state index contributed by atoms with van der Waals surface area (Å²) >= 11 is 0. The lowest BCUT2D eigenvalue weighted by atomic mass is 10.1. The molecule has 0 amide bonds. The van der Waals surface area contributed by atoms with Crippen LogP contribution in [0, 0.1) is 12.3 Å². The third kappa shape index (κ3) is 3.68. The molecule has 3 heteroatoms. The van der Waals surface area contributed by atoms with Crippen LogP contribution in [0.25, 0.3) is 0 Å². The van der Waals surface area contributed by atoms with Crippen LogP contribution in [0.3, 0.4) is 0 Å². The molecule has 0 saturated heterocycles. The van der Waals surface area contributed by atoms with E-state index in [1.54, 1.807) is 14.2 Å². The summed E-state index contributed by atoms with van der Waals surface area (Å²) in [7, 11) is 3.27. The minimum Gasteiger partial charge on any atom is -0.493 e. The molecule has 0 aromatic heterocycles. The summed E-state index contributed by atoms with van der Waals surface area (Å²) in [6, 6.07) is 6.44. The smallest absolute Gasteiger partial charge is 0.161 e. The first kappa shape index (κ1) is 14.4. The van der Waals surface area contributed by atoms with Crippen molar-refractivity contribution in [3.63, 3.8) is 0 Å². The number of ether oxygens (including phenoxy) is 2. The fraction of sp³-hybridized carbons (Fsp3) is 0.467. The Morgan fingerprint density at radius 3 is 2.44 bits per heavy atom. The van der Waals surface area contributed by atoms with E-state index in [2.05, 4.69) is 25.1 Å². The molecule has 2 unspecified atom stereocenters. The van der Waals surface area contributed by atoms with E-state index in [0.717, 1.165) is 23.5 Å². The Hall–Kier alpha value is -1.66. The fourth-order valence-corrected chi connectivity index (χ4v) is 1.88. The van der Waals surface area contributed by atoms with Gasteiger partial charge in [0, 0.05) is 18.5 Å². The minimum absolute atomic E-state index is 0.216. The van der Waals surface area contributed by atoms with E-state index in [-0.39, 0.29) is 12.1 Å². The molecule has 0 aliphatic rings. The molecule has 0 aliphatic heterocycles. The lowest BCUT2D eigenvalue weighted by Gasteiger charge is -2.20. The van der Waals surface area contributed by atoms with E-state index in [1.165, 1.54) is 0 Å². The van der Waals surface area contributed by atoms with Crippen LogP contribution in [0.1, 0.15) is 31.9 Å². The first-order valence-electron chi connectivity index (χ1n) is 6.03. The zero-order chi connectivity index (χ0) is 13.5. The van der Waals surface area contributed by atoms with Crippen molar-refractivity contribution in [2.45, 2.75) is 32.4 Å². The van der Waals surface area contributed by atoms with Gasteiger partial charge in [0.25, 0.3) is 0 Å². The number of hydrogen-bond acceptors (Lipinski definition) is 3. The molecule has 3 nitrogen and oxygen atoms in total. The van der Waals surface area contributed by atoms with Crippen molar-refractivity contribution >= 4 is 0 Å². The SMILES string of the molecule is C#CCC(C)NC(C)c1ccc(OC)c(OC)c1. The molecule has 0 aliphatic carbocycles. The van der Waals surface area contributed by atoms with Crippen molar-refractivity contribution in [2.24, 2.45) is 0 Å². The van der Waals surface area contributed by atoms with Gasteiger partial charge in [0.1, 0.15) is 0 Å². The second kappa shape index (κ2) is 6.93. The molecule has 0 saturated carbocycles. The minimum atomic E-state index is 0.216. The van der Waals surface area contributed by atoms with Gasteiger partial charge in [0.15, 0.2) is 11.5 Å². The van der Waals surface area contributed by atoms with E-state index in [9.17, 15) is 0 Å². The van der Waals surface area contributed by atoms with Crippen LogP contribution in [0.15, 0.2) is 18.2 Å². The first-order valence-corrected chi connectivity index (χ1v) is 6.03. The summed E-state index contributed by atoms with van der Waals surface area (Å²) in [5.41, 5.74) is 1.15. The van der Waals surface area contributed by atoms with Crippen molar-refractivity contribution in [3.8, 4) is 23.8 Å². The van der Waals surface area contributed by atoms with Gasteiger partial charge in [-0.05, 0) is 31.5 Å². The van der Waals surface area contributed by atoms with E-state index < -0.39 is 0 Å². The van der Waals surface area contributed by atoms with Crippen LogP contribution in [-0.2, 0) is 0 Å². The number of benzene rings is 1. The third-order valence-electron chi connectivity index (χ3n) is 2.87. The summed E-state index contributed by atoms with van der Waals surface area (Å²) in [6.45, 7) is 4.19. The molecule has 2 atom stereocenters. The van der Waals surface area contributed by atoms with Crippen molar-refractivity contribution in [2.75, 3.05) is 14.2 Å². The highest BCUT2D eigenvalue weighted by Crippen LogP contribution is 2.29. The lowest BCUT2D eigenvalue weighted by Crippen LogP contribution is -2.28. The predicted octanol–water partition coefficient (Wildman–Crippen LogP) is 2.77. The number of nitrogens with one attached hydrogen (secondary N) is 1. The Balaban J connectivity index is 2.80. The standard InChI is InChI=1S/C15H21NO2/c1-6-7-11(2)16-12(3)13-8-9-14(17-4)15(10-13)18-5/h1,8-12,16H,7H2,2-5H3. The van der Waals surface area contributed by atoms with Crippen LogP contribution in [0.5, 0.6) is 11.5 Å². The van der Waals surface area contributed by atoms with E-state index in [4.69, 9.17) is 15.9 Å². The average Bonchev–Trinajstić information content (AvgIpc) is 2.38. The van der Waals surface area contributed by atoms with Gasteiger partial charge in [-0.15, -0.1) is 12.3 Å². The number of terminal acetylenes is 1. The zero-order valence-corrected chi connectivity index (χ0v) is 11.5. The molecule has 1 rings (SSSR count). The molecular formula is C15H21NO2. The summed E-state index contributed by atoms with van der Waals surface area (Å²) in [5.74, 6) is 4.14. The van der Waals surface area contributed by atoms with Crippen LogP contribution >= 0.6 is 0 Å². The molecule has 1 N–H and O–H groups in total. The molecule has 0 fully saturated rings. The number of methoxy groups -OCH3 is 2. The summed E-state index contributed by atoms with van der Waals surface area (Å²) < 4.78 is 10.5. The van der Waals surface area contributed by atoms with Gasteiger partial charge >= 0.3 is 0 Å². The van der Waals surface area contributed by atoms with Gasteiger partial charge < -0.3 is 14.8 Å². The topological polar surface area (TPSA) is 30.5 Å². The second-order valence-electron chi connectivity index (χ2n) is 4.31. The van der Waals surface area contributed by atoms with Crippen molar-refractivity contribution < 1.29 is 9.47 Å². The monoisotopic (exact) mass is 247 g/mol. The Morgan fingerprint density at radius 2 is 1.89 bits per heavy atom. The Kier molecular flexibility index (Phi) is 5.54. The van der Waals surface area contributed by atoms with Crippen LogP contribution in [0.2, 0.25) is 0 Å². The molecule has 0 heterocycles. The highest BCUT2D eigenvalue weighted by Gasteiger charge is 2.11. The molecule has 1 aromatic carbocycles. The van der Waals surface area contributed by atoms with Crippen molar-refractivity contribution in [3.05, 3.63) is 23.8 Å². The fourth-order valence-electron chi connectivity index (χ4n) is 1.88. The molecule has 0 radical (unpaired) electrons. The summed E-state index contributed by atoms with van der Waals surface area (Å²) in [5, 5.41) is 3.45. The van der Waals surface area contributed by atoms with Gasteiger partial charge in [-0.25, -0.2) is 0 Å². The Labute approximate surface area is 109 Å². The maximum absolute atomic E-state index is 5.30. The van der Waals surface area contributed by atoms with Crippen LogP contribution in [-0.4, -0.2) is 20.3 Å². The maximum atomic E-state index is 5.30. The van der Waals surface area contributed by atoms with E-state index >= 15 is 0 Å². The van der Waals surface area contributed by atoms with Crippen LogP contribution in [0.4, 0.5) is 0 Å². The van der Waals surface area contributed by atoms with Gasteiger partial charge in [-0.1, -0.05) is 6.07 Å². The maximum Gasteiger partial charge on any atom is 0.161 e. The predicted molar refractivity (Wildman–Crippen MR) is 74.0 cm³/mol. The number of hydrogen-bond donors (Lipinski definition) is 1. The third-order valence-corrected chi connectivity index (χ3v) is 2.87. The normalized spacial score (nSPS) is 13.5. The molecule has 98 valence electrons. The molecular weight excluding hydrogens is 226 g/mol. The lowest BCUT2D eigenvalue weighted by molar-refractivity contribution is 0.353. The van der Waals surface area contributed by atoms with Crippen molar-refractivity contribution in [1.82, 2.24) is 5.32 Å². The highest BCUT2D eigenvalue weighted by atomic mass is 16.5. The van der Waals surface area contributed by atoms with Crippen molar-refractivity contribution in [1.29, 1.82) is 0 Å². The van der Waals surface area contributed by atoms with Gasteiger partial charge in [-0.2, -0.15) is 0 Å².